The van der Waals surface area contributed by atoms with Gasteiger partial charge in [0.15, 0.2) is 0 Å². The number of carboxylic acid groups (broad SMARTS) is 1. The molecule has 0 atom stereocenters. The highest BCUT2D eigenvalue weighted by atomic mass is 127. The maximum absolute atomic E-state index is 12.5. The minimum Gasteiger partial charge on any atom is -0.481 e. The van der Waals surface area contributed by atoms with Crippen LogP contribution < -0.4 is 0 Å². The monoisotopic (exact) mass is 358 g/mol. The number of aromatic nitrogens is 1. The fourth-order valence-corrected chi connectivity index (χ4v) is 2.00. The quantitative estimate of drug-likeness (QED) is 0.506. The lowest BCUT2D eigenvalue weighted by molar-refractivity contribution is -0.386. The molecular formula is C8H5F2IN2O4. The Hall–Kier alpha value is -1.39. The molecule has 6 nitrogen and oxygen atoms in total. The van der Waals surface area contributed by atoms with Crippen LogP contribution in [0.5, 0.6) is 0 Å². The van der Waals surface area contributed by atoms with Gasteiger partial charge >= 0.3 is 5.97 Å². The molecule has 1 aromatic heterocycles. The van der Waals surface area contributed by atoms with Crippen molar-refractivity contribution in [2.75, 3.05) is 0 Å². The average Bonchev–Trinajstić information content (AvgIpc) is 2.19. The number of carboxylic acids is 1. The molecule has 0 fully saturated rings. The molecule has 0 aliphatic heterocycles. The van der Waals surface area contributed by atoms with Gasteiger partial charge in [-0.1, -0.05) is 0 Å². The van der Waals surface area contributed by atoms with Gasteiger partial charge in [0.2, 0.25) is 0 Å². The van der Waals surface area contributed by atoms with Gasteiger partial charge in [-0.25, -0.2) is 13.8 Å². The summed E-state index contributed by atoms with van der Waals surface area (Å²) in [6.07, 6.45) is -2.95. The van der Waals surface area contributed by atoms with E-state index < -0.39 is 35.1 Å². The molecule has 0 unspecified atom stereocenters. The second-order valence-electron chi connectivity index (χ2n) is 2.95. The van der Waals surface area contributed by atoms with E-state index in [4.69, 9.17) is 5.11 Å². The SMILES string of the molecule is O=C(O)Cc1c([N+](=O)[O-])cnc(C(F)F)c1I. The van der Waals surface area contributed by atoms with E-state index in [0.29, 0.717) is 6.20 Å². The van der Waals surface area contributed by atoms with Crippen LogP contribution in [0.15, 0.2) is 6.20 Å². The van der Waals surface area contributed by atoms with Crippen LogP contribution in [0.4, 0.5) is 14.5 Å². The molecule has 1 N–H and O–H groups in total. The zero-order valence-electron chi connectivity index (χ0n) is 8.06. The van der Waals surface area contributed by atoms with Gasteiger partial charge in [0, 0.05) is 0 Å². The van der Waals surface area contributed by atoms with Gasteiger partial charge in [0.05, 0.1) is 20.5 Å². The van der Waals surface area contributed by atoms with Gasteiger partial charge in [0.25, 0.3) is 12.1 Å². The fourth-order valence-electron chi connectivity index (χ4n) is 1.16. The number of halogens is 3. The molecule has 0 amide bonds. The number of nitro groups is 1. The maximum atomic E-state index is 12.5. The molecule has 0 aliphatic carbocycles. The third-order valence-electron chi connectivity index (χ3n) is 1.86. The molecule has 0 saturated heterocycles. The van der Waals surface area contributed by atoms with Crippen LogP contribution in [0.25, 0.3) is 0 Å². The molecule has 0 radical (unpaired) electrons. The topological polar surface area (TPSA) is 93.3 Å². The van der Waals surface area contributed by atoms with Crippen LogP contribution in [0, 0.1) is 13.7 Å². The van der Waals surface area contributed by atoms with Crippen molar-refractivity contribution in [2.24, 2.45) is 0 Å². The van der Waals surface area contributed by atoms with E-state index in [1.54, 1.807) is 0 Å². The standard InChI is InChI=1S/C8H5F2IN2O4/c9-8(10)7-6(11)3(1-5(14)15)4(2-12-7)13(16)17/h2,8H,1H2,(H,14,15). The van der Waals surface area contributed by atoms with Crippen molar-refractivity contribution >= 4 is 34.2 Å². The summed E-state index contributed by atoms with van der Waals surface area (Å²) in [4.78, 5) is 23.6. The second-order valence-corrected chi connectivity index (χ2v) is 4.03. The van der Waals surface area contributed by atoms with E-state index in [-0.39, 0.29) is 9.13 Å². The summed E-state index contributed by atoms with van der Waals surface area (Å²) < 4.78 is 24.8. The minimum atomic E-state index is -2.91. The number of nitrogens with zero attached hydrogens (tertiary/aromatic N) is 2. The van der Waals surface area contributed by atoms with Gasteiger partial charge < -0.3 is 5.11 Å². The summed E-state index contributed by atoms with van der Waals surface area (Å²) in [7, 11) is 0. The average molecular weight is 358 g/mol. The number of hydrogen-bond acceptors (Lipinski definition) is 4. The van der Waals surface area contributed by atoms with Crippen LogP contribution in [0.2, 0.25) is 0 Å². The second kappa shape index (κ2) is 5.29. The van der Waals surface area contributed by atoms with Gasteiger partial charge in [-0.3, -0.25) is 14.9 Å². The van der Waals surface area contributed by atoms with Gasteiger partial charge in [-0.2, -0.15) is 0 Å². The van der Waals surface area contributed by atoms with E-state index in [1.807, 2.05) is 0 Å². The van der Waals surface area contributed by atoms with Crippen LogP contribution in [0.1, 0.15) is 17.7 Å². The Morgan fingerprint density at radius 1 is 1.65 bits per heavy atom. The van der Waals surface area contributed by atoms with Gasteiger partial charge in [0.1, 0.15) is 11.9 Å². The Bertz CT molecular complexity index is 481. The summed E-state index contributed by atoms with van der Waals surface area (Å²) in [5, 5.41) is 19.2. The summed E-state index contributed by atoms with van der Waals surface area (Å²) in [5.74, 6) is -1.34. The summed E-state index contributed by atoms with van der Waals surface area (Å²) in [5.41, 5.74) is -1.47. The van der Waals surface area contributed by atoms with E-state index in [9.17, 15) is 23.7 Å². The van der Waals surface area contributed by atoms with Gasteiger partial charge in [-0.15, -0.1) is 0 Å². The number of carbonyl (C=O) groups is 1. The van der Waals surface area contributed by atoms with Crippen molar-refractivity contribution in [3.05, 3.63) is 31.1 Å². The highest BCUT2D eigenvalue weighted by molar-refractivity contribution is 14.1. The van der Waals surface area contributed by atoms with Gasteiger partial charge in [-0.05, 0) is 22.6 Å². The zero-order valence-corrected chi connectivity index (χ0v) is 10.2. The Balaban J connectivity index is 3.41. The molecule has 9 heteroatoms. The van der Waals surface area contributed by atoms with Crippen LogP contribution in [-0.4, -0.2) is 21.0 Å². The molecule has 1 aromatic rings. The summed E-state index contributed by atoms with van der Waals surface area (Å²) in [6.45, 7) is 0. The normalized spacial score (nSPS) is 10.6. The van der Waals surface area contributed by atoms with E-state index in [0.717, 1.165) is 0 Å². The highest BCUT2D eigenvalue weighted by Crippen LogP contribution is 2.30. The lowest BCUT2D eigenvalue weighted by atomic mass is 10.1. The van der Waals surface area contributed by atoms with E-state index in [1.165, 1.54) is 22.6 Å². The smallest absolute Gasteiger partial charge is 0.308 e. The lowest BCUT2D eigenvalue weighted by Gasteiger charge is -2.07. The molecule has 0 aliphatic rings. The van der Waals surface area contributed by atoms with Crippen LogP contribution >= 0.6 is 22.6 Å². The molecule has 1 heterocycles. The predicted molar refractivity (Wildman–Crippen MR) is 59.9 cm³/mol. The summed E-state index contributed by atoms with van der Waals surface area (Å²) >= 11 is 1.44. The predicted octanol–water partition coefficient (Wildman–Crippen LogP) is 2.16. The molecule has 0 bridgehead atoms. The third kappa shape index (κ3) is 3.05. The molecule has 0 saturated carbocycles. The first-order chi connectivity index (χ1) is 7.84. The number of rotatable bonds is 4. The van der Waals surface area contributed by atoms with Crippen molar-refractivity contribution in [1.29, 1.82) is 0 Å². The van der Waals surface area contributed by atoms with Crippen molar-refractivity contribution in [3.63, 3.8) is 0 Å². The number of hydrogen-bond donors (Lipinski definition) is 1. The molecular weight excluding hydrogens is 353 g/mol. The highest BCUT2D eigenvalue weighted by Gasteiger charge is 2.25. The summed E-state index contributed by atoms with van der Waals surface area (Å²) in [6, 6.07) is 0. The van der Waals surface area contributed by atoms with Crippen molar-refractivity contribution in [2.45, 2.75) is 12.8 Å². The molecule has 0 aromatic carbocycles. The molecule has 17 heavy (non-hydrogen) atoms. The van der Waals surface area contributed by atoms with Crippen LogP contribution in [-0.2, 0) is 11.2 Å². The van der Waals surface area contributed by atoms with Crippen molar-refractivity contribution < 1.29 is 23.6 Å². The van der Waals surface area contributed by atoms with Crippen molar-refractivity contribution in [3.8, 4) is 0 Å². The number of pyridine rings is 1. The van der Waals surface area contributed by atoms with Crippen molar-refractivity contribution in [1.82, 2.24) is 4.98 Å². The largest absolute Gasteiger partial charge is 0.481 e. The fraction of sp³-hybridized carbons (Fsp3) is 0.250. The number of alkyl halides is 2. The molecule has 92 valence electrons. The van der Waals surface area contributed by atoms with Crippen LogP contribution in [0.3, 0.4) is 0 Å². The Morgan fingerprint density at radius 3 is 2.65 bits per heavy atom. The van der Waals surface area contributed by atoms with E-state index >= 15 is 0 Å². The third-order valence-corrected chi connectivity index (χ3v) is 3.06. The van der Waals surface area contributed by atoms with E-state index in [2.05, 4.69) is 4.98 Å². The first-order valence-electron chi connectivity index (χ1n) is 4.16. The Morgan fingerprint density at radius 2 is 2.24 bits per heavy atom. The molecule has 0 spiro atoms. The Labute approximate surface area is 107 Å². The lowest BCUT2D eigenvalue weighted by Crippen LogP contribution is -2.09. The zero-order chi connectivity index (χ0) is 13.2. The minimum absolute atomic E-state index is 0.186. The maximum Gasteiger partial charge on any atom is 0.308 e. The molecule has 1 rings (SSSR count). The first kappa shape index (κ1) is 13.7. The first-order valence-corrected chi connectivity index (χ1v) is 5.24. The Kier molecular flexibility index (Phi) is 4.26. The number of aliphatic carboxylic acids is 1.